The zero-order valence-electron chi connectivity index (χ0n) is 12.9. The van der Waals surface area contributed by atoms with Gasteiger partial charge in [-0.15, -0.1) is 0 Å². The molecule has 0 aromatic heterocycles. The predicted octanol–water partition coefficient (Wildman–Crippen LogP) is 1.41. The molecule has 2 aromatic carbocycles. The van der Waals surface area contributed by atoms with Crippen molar-refractivity contribution in [2.24, 2.45) is 0 Å². The van der Waals surface area contributed by atoms with Crippen molar-refractivity contribution in [1.29, 1.82) is 0 Å². The average Bonchev–Trinajstić information content (AvgIpc) is 2.28. The van der Waals surface area contributed by atoms with E-state index in [1.165, 1.54) is 16.7 Å². The fraction of sp³-hybridized carbons (Fsp3) is 0.188. The number of benzene rings is 2. The van der Waals surface area contributed by atoms with Crippen LogP contribution in [0.4, 0.5) is 0 Å². The molecule has 0 aliphatic carbocycles. The van der Waals surface area contributed by atoms with Gasteiger partial charge in [-0.25, -0.2) is 0 Å². The summed E-state index contributed by atoms with van der Waals surface area (Å²) in [5.74, 6) is 0. The molecule has 2 rings (SSSR count). The van der Waals surface area contributed by atoms with Gasteiger partial charge in [0.1, 0.15) is 0 Å². The number of aryl methyl sites for hydroxylation is 2. The van der Waals surface area contributed by atoms with Crippen molar-refractivity contribution in [3.63, 3.8) is 0 Å². The maximum atomic E-state index is 11.7. The van der Waals surface area contributed by atoms with E-state index in [-0.39, 0.29) is 25.8 Å². The molecule has 1 atom stereocenters. The second-order valence-electron chi connectivity index (χ2n) is 4.62. The summed E-state index contributed by atoms with van der Waals surface area (Å²) in [6.45, 7) is 6.12. The zero-order chi connectivity index (χ0) is 13.3. The van der Waals surface area contributed by atoms with E-state index >= 15 is 0 Å². The Labute approximate surface area is 130 Å². The topological polar surface area (TPSA) is 17.1 Å². The molecule has 0 fully saturated rings. The second kappa shape index (κ2) is 6.53. The normalized spacial score (nSPS) is 9.89. The van der Waals surface area contributed by atoms with Crippen molar-refractivity contribution >= 4 is 14.8 Å². The first kappa shape index (κ1) is 16.2. The summed E-state index contributed by atoms with van der Waals surface area (Å²) in [7, 11) is 2.28. The third-order valence-electron chi connectivity index (χ3n) is 3.28. The molecule has 1 nitrogen and oxygen atoms in total. The van der Waals surface area contributed by atoms with Crippen molar-refractivity contribution in [1.82, 2.24) is 0 Å². The molecule has 94 valence electrons. The fourth-order valence-electron chi connectivity index (χ4n) is 2.61. The number of carbonyl (C=O) groups is 1. The average molecular weight is 264 g/mol. The van der Waals surface area contributed by atoms with Crippen molar-refractivity contribution in [3.8, 4) is 11.1 Å². The minimum absolute atomic E-state index is 0. The molecule has 0 aliphatic heterocycles. The first-order valence-electron chi connectivity index (χ1n) is 5.98. The van der Waals surface area contributed by atoms with Gasteiger partial charge < -0.3 is 1.43 Å². The number of carbonyl (C=O) groups excluding carboxylic acids is 1. The summed E-state index contributed by atoms with van der Waals surface area (Å²) in [4.78, 5) is 11.7. The molecule has 0 spiro atoms. The summed E-state index contributed by atoms with van der Waals surface area (Å²) < 4.78 is 0. The molecule has 19 heavy (non-hydrogen) atoms. The minimum Gasteiger partial charge on any atom is -1.00 e. The predicted molar refractivity (Wildman–Crippen MR) is 81.2 cm³/mol. The molecule has 0 radical (unpaired) electrons. The van der Waals surface area contributed by atoms with Gasteiger partial charge in [0, 0.05) is 5.56 Å². The third-order valence-corrected chi connectivity index (χ3v) is 3.57. The Morgan fingerprint density at radius 2 is 1.63 bits per heavy atom. The maximum absolute atomic E-state index is 11.7. The first-order valence-corrected chi connectivity index (χ1v) is 6.56. The van der Waals surface area contributed by atoms with Gasteiger partial charge in [0.05, 0.1) is 0 Å². The van der Waals surface area contributed by atoms with Gasteiger partial charge in [0.15, 0.2) is 5.52 Å². The molecule has 1 unspecified atom stereocenters. The van der Waals surface area contributed by atoms with Crippen LogP contribution in [-0.4, -0.2) is 5.52 Å². The van der Waals surface area contributed by atoms with E-state index in [4.69, 9.17) is 0 Å². The molecule has 2 aromatic rings. The SMILES string of the molecule is Cc1cc(C)c(-c2ccccc2)c(C)c1C(=O)P.[H-].[Li+]. The van der Waals surface area contributed by atoms with E-state index in [0.717, 1.165) is 16.7 Å². The third kappa shape index (κ3) is 3.18. The van der Waals surface area contributed by atoms with Crippen LogP contribution in [0.1, 0.15) is 28.5 Å². The zero-order valence-corrected chi connectivity index (χ0v) is 13.1. The van der Waals surface area contributed by atoms with E-state index in [0.29, 0.717) is 0 Å². The van der Waals surface area contributed by atoms with Gasteiger partial charge in [0.25, 0.3) is 0 Å². The molecular formula is C16H18LiOP. The van der Waals surface area contributed by atoms with E-state index in [2.05, 4.69) is 34.4 Å². The number of hydrogen-bond donors (Lipinski definition) is 0. The van der Waals surface area contributed by atoms with E-state index in [1.807, 2.05) is 32.0 Å². The Morgan fingerprint density at radius 3 is 2.16 bits per heavy atom. The summed E-state index contributed by atoms with van der Waals surface area (Å²) in [5.41, 5.74) is 6.55. The van der Waals surface area contributed by atoms with Crippen molar-refractivity contribution < 1.29 is 25.1 Å². The molecule has 0 amide bonds. The van der Waals surface area contributed by atoms with Crippen LogP contribution in [0, 0.1) is 20.8 Å². The summed E-state index contributed by atoms with van der Waals surface area (Å²) in [6.07, 6.45) is 0. The smallest absolute Gasteiger partial charge is 1.00 e. The van der Waals surface area contributed by atoms with Crippen LogP contribution in [0.15, 0.2) is 36.4 Å². The van der Waals surface area contributed by atoms with Gasteiger partial charge in [-0.05, 0) is 48.6 Å². The molecule has 0 aliphatic rings. The van der Waals surface area contributed by atoms with Gasteiger partial charge in [-0.3, -0.25) is 4.79 Å². The van der Waals surface area contributed by atoms with E-state index in [9.17, 15) is 4.79 Å². The standard InChI is InChI=1S/C16H17OP.Li.H/c1-10-9-11(2)15(16(17)18)12(3)14(10)13-7-5-4-6-8-13;;/h4-9H,18H2,1-3H3;;/q;+1;-1. The van der Waals surface area contributed by atoms with Gasteiger partial charge >= 0.3 is 18.9 Å². The van der Waals surface area contributed by atoms with Crippen LogP contribution in [0.2, 0.25) is 0 Å². The van der Waals surface area contributed by atoms with E-state index in [1.54, 1.807) is 0 Å². The number of rotatable bonds is 2. The van der Waals surface area contributed by atoms with Crippen LogP contribution in [0.25, 0.3) is 11.1 Å². The largest absolute Gasteiger partial charge is 1.00 e. The van der Waals surface area contributed by atoms with Gasteiger partial charge in [-0.2, -0.15) is 0 Å². The monoisotopic (exact) mass is 264 g/mol. The van der Waals surface area contributed by atoms with Crippen LogP contribution in [0.3, 0.4) is 0 Å². The van der Waals surface area contributed by atoms with Gasteiger partial charge in [0.2, 0.25) is 0 Å². The minimum atomic E-state index is 0. The van der Waals surface area contributed by atoms with Crippen LogP contribution < -0.4 is 18.9 Å². The van der Waals surface area contributed by atoms with Crippen LogP contribution in [0.5, 0.6) is 0 Å². The van der Waals surface area contributed by atoms with Crippen LogP contribution in [-0.2, 0) is 0 Å². The molecule has 0 heterocycles. The van der Waals surface area contributed by atoms with Crippen molar-refractivity contribution in [2.45, 2.75) is 20.8 Å². The second-order valence-corrected chi connectivity index (χ2v) is 5.14. The van der Waals surface area contributed by atoms with Crippen LogP contribution >= 0.6 is 9.24 Å². The molecule has 0 saturated heterocycles. The Hall–Kier alpha value is -0.863. The van der Waals surface area contributed by atoms with Gasteiger partial charge in [-0.1, -0.05) is 45.6 Å². The Morgan fingerprint density at radius 1 is 1.05 bits per heavy atom. The maximum Gasteiger partial charge on any atom is 1.00 e. The summed E-state index contributed by atoms with van der Waals surface area (Å²) in [6, 6.07) is 12.3. The number of hydrogen-bond acceptors (Lipinski definition) is 1. The Kier molecular flexibility index (Phi) is 5.57. The van der Waals surface area contributed by atoms with Crippen molar-refractivity contribution in [2.75, 3.05) is 0 Å². The summed E-state index contributed by atoms with van der Waals surface area (Å²) >= 11 is 0. The first-order chi connectivity index (χ1) is 8.52. The molecule has 0 saturated carbocycles. The quantitative estimate of drug-likeness (QED) is 0.592. The van der Waals surface area contributed by atoms with E-state index < -0.39 is 0 Å². The molecule has 0 N–H and O–H groups in total. The Balaban J connectivity index is 0.00000180. The fourth-order valence-corrected chi connectivity index (χ4v) is 3.06. The summed E-state index contributed by atoms with van der Waals surface area (Å²) in [5, 5.41) is 0. The van der Waals surface area contributed by atoms with Crippen molar-refractivity contribution in [3.05, 3.63) is 58.7 Å². The molecule has 0 bridgehead atoms. The molecule has 3 heteroatoms. The molecular weight excluding hydrogens is 246 g/mol. The Bertz CT molecular complexity index is 612.